The number of hydrogen-bond donors (Lipinski definition) is 1. The number of allylic oxidation sites excluding steroid dienone is 1. The van der Waals surface area contributed by atoms with E-state index >= 15 is 0 Å². The second-order valence-corrected chi connectivity index (χ2v) is 12.9. The third-order valence-electron chi connectivity index (χ3n) is 3.83. The summed E-state index contributed by atoms with van der Waals surface area (Å²) in [6, 6.07) is 7.71. The van der Waals surface area contributed by atoms with E-state index in [-0.39, 0.29) is 11.9 Å². The number of rotatable bonds is 7. The lowest BCUT2D eigenvalue weighted by Gasteiger charge is -2.26. The number of hydrogen-bond acceptors (Lipinski definition) is 3. The Morgan fingerprint density at radius 1 is 1.30 bits per heavy atom. The summed E-state index contributed by atoms with van der Waals surface area (Å²) >= 11 is 3.40. The van der Waals surface area contributed by atoms with Gasteiger partial charge in [0.15, 0.2) is 0 Å². The molecule has 1 rings (SSSR count). The van der Waals surface area contributed by atoms with Gasteiger partial charge in [-0.25, -0.2) is 4.79 Å². The molecule has 5 heteroatoms. The fraction of sp³-hybridized carbons (Fsp3) is 0.500. The fourth-order valence-electron chi connectivity index (χ4n) is 2.35. The van der Waals surface area contributed by atoms with Gasteiger partial charge in [0.25, 0.3) is 0 Å². The lowest BCUT2D eigenvalue weighted by atomic mass is 9.94. The van der Waals surface area contributed by atoms with Crippen LogP contribution < -0.4 is 0 Å². The van der Waals surface area contributed by atoms with E-state index in [1.54, 1.807) is 13.0 Å². The van der Waals surface area contributed by atoms with Crippen molar-refractivity contribution >= 4 is 30.0 Å². The Morgan fingerprint density at radius 2 is 1.87 bits per heavy atom. The number of aliphatic hydroxyl groups excluding tert-OH is 1. The highest BCUT2D eigenvalue weighted by Crippen LogP contribution is 2.31. The minimum Gasteiger partial charge on any atom is -0.463 e. The van der Waals surface area contributed by atoms with Crippen molar-refractivity contribution in [1.29, 1.82) is 0 Å². The standard InChI is InChI=1S/C18H27BrO3Si/c1-6-22-17(20)12-16(23(3,4)5)11-13(2)18(21)14-7-9-15(19)10-8-14/h7-10,12-13,18,21H,6,11H2,1-5H3/b16-12-. The van der Waals surface area contributed by atoms with Crippen LogP contribution in [0.15, 0.2) is 40.0 Å². The summed E-state index contributed by atoms with van der Waals surface area (Å²) in [4.78, 5) is 11.8. The molecule has 0 radical (unpaired) electrons. The van der Waals surface area contributed by atoms with Crippen molar-refractivity contribution in [2.75, 3.05) is 6.61 Å². The first-order valence-electron chi connectivity index (χ1n) is 7.96. The summed E-state index contributed by atoms with van der Waals surface area (Å²) in [6.07, 6.45) is 1.79. The molecule has 1 aromatic rings. The van der Waals surface area contributed by atoms with Gasteiger partial charge in [0.2, 0.25) is 0 Å². The average molecular weight is 399 g/mol. The molecule has 0 saturated carbocycles. The molecule has 1 N–H and O–H groups in total. The van der Waals surface area contributed by atoms with Crippen LogP contribution in [-0.4, -0.2) is 25.8 Å². The van der Waals surface area contributed by atoms with Crippen LogP contribution in [0.25, 0.3) is 0 Å². The highest BCUT2D eigenvalue weighted by Gasteiger charge is 2.26. The van der Waals surface area contributed by atoms with Gasteiger partial charge in [0, 0.05) is 10.5 Å². The summed E-state index contributed by atoms with van der Waals surface area (Å²) in [6.45, 7) is 10.8. The molecule has 0 aliphatic heterocycles. The van der Waals surface area contributed by atoms with E-state index in [2.05, 4.69) is 35.6 Å². The maximum Gasteiger partial charge on any atom is 0.330 e. The minimum atomic E-state index is -1.66. The normalized spacial score (nSPS) is 15.2. The zero-order valence-corrected chi connectivity index (χ0v) is 17.2. The molecular formula is C18H27BrO3Si. The molecule has 3 nitrogen and oxygen atoms in total. The number of benzene rings is 1. The second-order valence-electron chi connectivity index (χ2n) is 6.85. The van der Waals surface area contributed by atoms with Crippen molar-refractivity contribution in [3.05, 3.63) is 45.6 Å². The van der Waals surface area contributed by atoms with Gasteiger partial charge in [-0.3, -0.25) is 0 Å². The highest BCUT2D eigenvalue weighted by atomic mass is 79.9. The Labute approximate surface area is 148 Å². The van der Waals surface area contributed by atoms with E-state index in [4.69, 9.17) is 4.74 Å². The molecule has 0 aliphatic carbocycles. The van der Waals surface area contributed by atoms with Crippen LogP contribution in [0.3, 0.4) is 0 Å². The molecule has 2 unspecified atom stereocenters. The lowest BCUT2D eigenvalue weighted by Crippen LogP contribution is -2.27. The zero-order valence-electron chi connectivity index (χ0n) is 14.6. The first kappa shape index (κ1) is 20.1. The van der Waals surface area contributed by atoms with Crippen LogP contribution in [0.5, 0.6) is 0 Å². The van der Waals surface area contributed by atoms with Gasteiger partial charge >= 0.3 is 5.97 Å². The summed E-state index contributed by atoms with van der Waals surface area (Å²) in [5.41, 5.74) is 0.895. The number of esters is 1. The molecule has 128 valence electrons. The number of ether oxygens (including phenoxy) is 1. The van der Waals surface area contributed by atoms with Gasteiger partial charge in [-0.2, -0.15) is 0 Å². The average Bonchev–Trinajstić information content (AvgIpc) is 2.45. The number of aliphatic hydroxyl groups is 1. The maximum absolute atomic E-state index is 11.8. The number of carbonyl (C=O) groups excluding carboxylic acids is 1. The third kappa shape index (κ3) is 6.61. The molecule has 1 aromatic carbocycles. The SMILES string of the molecule is CCOC(=O)/C=C(/CC(C)C(O)c1ccc(Br)cc1)[Si](C)(C)C. The second kappa shape index (κ2) is 8.80. The van der Waals surface area contributed by atoms with E-state index in [1.165, 1.54) is 0 Å². The maximum atomic E-state index is 11.8. The van der Waals surface area contributed by atoms with Crippen LogP contribution in [-0.2, 0) is 9.53 Å². The van der Waals surface area contributed by atoms with Crippen molar-refractivity contribution in [2.24, 2.45) is 5.92 Å². The van der Waals surface area contributed by atoms with E-state index in [0.29, 0.717) is 13.0 Å². The molecule has 0 aliphatic rings. The summed E-state index contributed by atoms with van der Waals surface area (Å²) < 4.78 is 6.04. The molecule has 0 amide bonds. The largest absolute Gasteiger partial charge is 0.463 e. The van der Waals surface area contributed by atoms with Crippen molar-refractivity contribution < 1.29 is 14.6 Å². The van der Waals surface area contributed by atoms with Crippen molar-refractivity contribution in [3.63, 3.8) is 0 Å². The van der Waals surface area contributed by atoms with Gasteiger partial charge < -0.3 is 9.84 Å². The third-order valence-corrected chi connectivity index (χ3v) is 6.64. The Morgan fingerprint density at radius 3 is 2.35 bits per heavy atom. The Kier molecular flexibility index (Phi) is 7.71. The molecule has 0 bridgehead atoms. The highest BCUT2D eigenvalue weighted by molar-refractivity contribution is 9.10. The summed E-state index contributed by atoms with van der Waals surface area (Å²) in [5.74, 6) is -0.251. The van der Waals surface area contributed by atoms with Crippen molar-refractivity contribution in [1.82, 2.24) is 0 Å². The molecular weight excluding hydrogens is 372 g/mol. The predicted octanol–water partition coefficient (Wildman–Crippen LogP) is 4.88. The monoisotopic (exact) mass is 398 g/mol. The van der Waals surface area contributed by atoms with Gasteiger partial charge in [-0.05, 0) is 37.0 Å². The quantitative estimate of drug-likeness (QED) is 0.404. The Balaban J connectivity index is 2.90. The van der Waals surface area contributed by atoms with E-state index < -0.39 is 14.2 Å². The molecule has 0 aromatic heterocycles. The van der Waals surface area contributed by atoms with Crippen LogP contribution in [0.1, 0.15) is 31.9 Å². The zero-order chi connectivity index (χ0) is 17.6. The van der Waals surface area contributed by atoms with Crippen LogP contribution in [0.2, 0.25) is 19.6 Å². The Bertz CT molecular complexity index is 546. The molecule has 0 fully saturated rings. The van der Waals surface area contributed by atoms with E-state index in [9.17, 15) is 9.90 Å². The van der Waals surface area contributed by atoms with Gasteiger partial charge in [-0.1, -0.05) is 59.8 Å². The summed E-state index contributed by atoms with van der Waals surface area (Å²) in [7, 11) is -1.66. The summed E-state index contributed by atoms with van der Waals surface area (Å²) in [5, 5.41) is 11.7. The van der Waals surface area contributed by atoms with Gasteiger partial charge in [-0.15, -0.1) is 0 Å². The van der Waals surface area contributed by atoms with E-state index in [0.717, 1.165) is 15.2 Å². The van der Waals surface area contributed by atoms with Gasteiger partial charge in [0.05, 0.1) is 20.8 Å². The van der Waals surface area contributed by atoms with Crippen LogP contribution in [0, 0.1) is 5.92 Å². The van der Waals surface area contributed by atoms with Crippen LogP contribution in [0.4, 0.5) is 0 Å². The van der Waals surface area contributed by atoms with E-state index in [1.807, 2.05) is 31.2 Å². The molecule has 0 heterocycles. The molecule has 23 heavy (non-hydrogen) atoms. The molecule has 0 spiro atoms. The Hall–Kier alpha value is -0.913. The minimum absolute atomic E-state index is 0.0311. The van der Waals surface area contributed by atoms with Crippen molar-refractivity contribution in [3.8, 4) is 0 Å². The van der Waals surface area contributed by atoms with Crippen molar-refractivity contribution in [2.45, 2.75) is 46.0 Å². The first-order chi connectivity index (χ1) is 10.6. The molecule has 2 atom stereocenters. The first-order valence-corrected chi connectivity index (χ1v) is 12.3. The predicted molar refractivity (Wildman–Crippen MR) is 101 cm³/mol. The lowest BCUT2D eigenvalue weighted by molar-refractivity contribution is -0.137. The number of carbonyl (C=O) groups is 1. The smallest absolute Gasteiger partial charge is 0.330 e. The van der Waals surface area contributed by atoms with Crippen LogP contribution >= 0.6 is 15.9 Å². The topological polar surface area (TPSA) is 46.5 Å². The van der Waals surface area contributed by atoms with Gasteiger partial charge in [0.1, 0.15) is 0 Å². The number of halogens is 1. The molecule has 0 saturated heterocycles. The fourth-order valence-corrected chi connectivity index (χ4v) is 4.10.